The highest BCUT2D eigenvalue weighted by Crippen LogP contribution is 2.43. The van der Waals surface area contributed by atoms with Gasteiger partial charge in [-0.25, -0.2) is 0 Å². The van der Waals surface area contributed by atoms with Crippen molar-refractivity contribution in [1.82, 2.24) is 10.3 Å². The number of benzene rings is 2. The summed E-state index contributed by atoms with van der Waals surface area (Å²) in [5.74, 6) is 0.211. The van der Waals surface area contributed by atoms with Gasteiger partial charge in [-0.1, -0.05) is 42.0 Å². The second-order valence-corrected chi connectivity index (χ2v) is 8.29. The van der Waals surface area contributed by atoms with Gasteiger partial charge in [-0.2, -0.15) is 0 Å². The van der Waals surface area contributed by atoms with Crippen molar-refractivity contribution < 1.29 is 14.3 Å². The predicted molar refractivity (Wildman–Crippen MR) is 128 cm³/mol. The molecule has 33 heavy (non-hydrogen) atoms. The van der Waals surface area contributed by atoms with Crippen molar-refractivity contribution in [2.24, 2.45) is 5.92 Å². The van der Waals surface area contributed by atoms with E-state index in [1.807, 2.05) is 73.7 Å². The fourth-order valence-electron chi connectivity index (χ4n) is 4.43. The van der Waals surface area contributed by atoms with Crippen LogP contribution in [0.5, 0.6) is 5.75 Å². The fourth-order valence-corrected chi connectivity index (χ4v) is 4.43. The Morgan fingerprint density at radius 1 is 1.09 bits per heavy atom. The average Bonchev–Trinajstić information content (AvgIpc) is 2.85. The van der Waals surface area contributed by atoms with E-state index in [0.29, 0.717) is 31.6 Å². The molecule has 170 valence electrons. The largest absolute Gasteiger partial charge is 0.496 e. The quantitative estimate of drug-likeness (QED) is 0.593. The van der Waals surface area contributed by atoms with Crippen LogP contribution in [0.3, 0.4) is 0 Å². The number of nitrogens with one attached hydrogen (secondary N) is 1. The number of nitrogens with zero attached hydrogens (tertiary/aromatic N) is 2. The van der Waals surface area contributed by atoms with E-state index in [9.17, 15) is 9.59 Å². The number of hydrogen-bond acceptors (Lipinski definition) is 4. The number of aryl methyl sites for hydroxylation is 1. The van der Waals surface area contributed by atoms with Gasteiger partial charge in [0.2, 0.25) is 11.8 Å². The van der Waals surface area contributed by atoms with Crippen LogP contribution in [-0.2, 0) is 16.0 Å². The second-order valence-electron chi connectivity index (χ2n) is 8.29. The third-order valence-electron chi connectivity index (χ3n) is 6.11. The molecular weight excluding hydrogens is 414 g/mol. The van der Waals surface area contributed by atoms with E-state index in [0.717, 1.165) is 22.5 Å². The molecule has 1 aliphatic heterocycles. The molecule has 6 nitrogen and oxygen atoms in total. The minimum Gasteiger partial charge on any atom is -0.496 e. The molecule has 2 amide bonds. The fraction of sp³-hybridized carbons (Fsp3) is 0.296. The molecular formula is C27H29N3O3. The number of hydrogen-bond donors (Lipinski definition) is 1. The molecule has 6 heteroatoms. The minimum atomic E-state index is -0.458. The highest BCUT2D eigenvalue weighted by molar-refractivity contribution is 5.97. The summed E-state index contributed by atoms with van der Waals surface area (Å²) in [5.41, 5.74) is 3.66. The van der Waals surface area contributed by atoms with Crippen LogP contribution in [0.25, 0.3) is 0 Å². The van der Waals surface area contributed by atoms with Crippen molar-refractivity contribution in [3.8, 4) is 5.75 Å². The Balaban J connectivity index is 1.64. The lowest BCUT2D eigenvalue weighted by Crippen LogP contribution is -2.48. The minimum absolute atomic E-state index is 0.00675. The zero-order chi connectivity index (χ0) is 23.2. The van der Waals surface area contributed by atoms with Crippen LogP contribution in [0, 0.1) is 12.8 Å². The molecule has 1 aromatic heterocycles. The number of ether oxygens (including phenoxy) is 1. The maximum atomic E-state index is 13.4. The number of anilines is 1. The molecule has 4 rings (SSSR count). The van der Waals surface area contributed by atoms with Gasteiger partial charge in [0.1, 0.15) is 5.75 Å². The summed E-state index contributed by atoms with van der Waals surface area (Å²) < 4.78 is 5.63. The molecule has 2 atom stereocenters. The molecule has 2 heterocycles. The zero-order valence-electron chi connectivity index (χ0n) is 19.0. The van der Waals surface area contributed by atoms with E-state index in [1.165, 1.54) is 0 Å². The molecule has 1 fully saturated rings. The topological polar surface area (TPSA) is 71.5 Å². The van der Waals surface area contributed by atoms with Gasteiger partial charge in [0, 0.05) is 42.5 Å². The van der Waals surface area contributed by atoms with E-state index in [2.05, 4.69) is 10.3 Å². The molecule has 1 saturated heterocycles. The summed E-state index contributed by atoms with van der Waals surface area (Å²) in [7, 11) is 1.61. The van der Waals surface area contributed by atoms with Crippen molar-refractivity contribution in [2.45, 2.75) is 32.2 Å². The molecule has 0 radical (unpaired) electrons. The van der Waals surface area contributed by atoms with Gasteiger partial charge in [0.25, 0.3) is 0 Å². The highest BCUT2D eigenvalue weighted by Gasteiger charge is 2.42. The van der Waals surface area contributed by atoms with E-state index in [4.69, 9.17) is 4.74 Å². The van der Waals surface area contributed by atoms with Crippen molar-refractivity contribution >= 4 is 17.5 Å². The molecule has 0 aliphatic carbocycles. The first-order chi connectivity index (χ1) is 16.1. The highest BCUT2D eigenvalue weighted by atomic mass is 16.5. The van der Waals surface area contributed by atoms with Crippen LogP contribution in [0.1, 0.15) is 35.7 Å². The Hall–Kier alpha value is -3.67. The number of amides is 2. The Morgan fingerprint density at radius 2 is 1.85 bits per heavy atom. The average molecular weight is 444 g/mol. The number of methoxy groups -OCH3 is 1. The molecule has 2 aromatic carbocycles. The monoisotopic (exact) mass is 443 g/mol. The molecule has 0 saturated carbocycles. The first-order valence-electron chi connectivity index (χ1n) is 11.3. The number of pyridine rings is 1. The first-order valence-corrected chi connectivity index (χ1v) is 11.3. The zero-order valence-corrected chi connectivity index (χ0v) is 19.0. The van der Waals surface area contributed by atoms with Gasteiger partial charge in [-0.3, -0.25) is 14.6 Å². The van der Waals surface area contributed by atoms with Crippen molar-refractivity contribution in [3.63, 3.8) is 0 Å². The molecule has 0 unspecified atom stereocenters. The van der Waals surface area contributed by atoms with Crippen molar-refractivity contribution in [1.29, 1.82) is 0 Å². The lowest BCUT2D eigenvalue weighted by atomic mass is 9.82. The summed E-state index contributed by atoms with van der Waals surface area (Å²) in [4.78, 5) is 32.7. The summed E-state index contributed by atoms with van der Waals surface area (Å²) >= 11 is 0. The summed E-state index contributed by atoms with van der Waals surface area (Å²) in [6.07, 6.45) is 3.21. The van der Waals surface area contributed by atoms with Crippen LogP contribution in [-0.4, -0.2) is 30.5 Å². The normalized spacial score (nSPS) is 18.1. The summed E-state index contributed by atoms with van der Waals surface area (Å²) in [6.45, 7) is 2.50. The Labute approximate surface area is 194 Å². The summed E-state index contributed by atoms with van der Waals surface area (Å²) in [5, 5.41) is 3.08. The number of carbonyl (C=O) groups excluding carboxylic acids is 2. The van der Waals surface area contributed by atoms with Crippen LogP contribution in [0.4, 0.5) is 5.69 Å². The number of piperidine rings is 1. The molecule has 1 aliphatic rings. The van der Waals surface area contributed by atoms with Crippen LogP contribution in [0.15, 0.2) is 72.9 Å². The van der Waals surface area contributed by atoms with Gasteiger partial charge in [-0.15, -0.1) is 0 Å². The number of carbonyl (C=O) groups is 2. The van der Waals surface area contributed by atoms with Gasteiger partial charge in [-0.05, 0) is 43.7 Å². The van der Waals surface area contributed by atoms with Crippen LogP contribution >= 0.6 is 0 Å². The number of aromatic nitrogens is 1. The van der Waals surface area contributed by atoms with Crippen LogP contribution in [0.2, 0.25) is 0 Å². The lowest BCUT2D eigenvalue weighted by Gasteiger charge is -2.41. The second kappa shape index (κ2) is 10.3. The Morgan fingerprint density at radius 3 is 2.58 bits per heavy atom. The van der Waals surface area contributed by atoms with Crippen molar-refractivity contribution in [2.75, 3.05) is 18.6 Å². The van der Waals surface area contributed by atoms with E-state index in [-0.39, 0.29) is 11.8 Å². The number of para-hydroxylation sites is 1. The maximum absolute atomic E-state index is 13.4. The molecule has 3 aromatic rings. The molecule has 0 spiro atoms. The van der Waals surface area contributed by atoms with Gasteiger partial charge in [0.05, 0.1) is 19.1 Å². The maximum Gasteiger partial charge on any atom is 0.227 e. The Kier molecular flexibility index (Phi) is 7.03. The van der Waals surface area contributed by atoms with Crippen LogP contribution < -0.4 is 15.0 Å². The lowest BCUT2D eigenvalue weighted by molar-refractivity contribution is -0.129. The standard InChI is InChI=1S/C27H29N3O3/c1-19-10-12-21(13-11-19)30-25(31)15-14-23(26(30)22-8-3-4-9-24(22)33-2)27(32)29-18-16-20-7-5-6-17-28-20/h3-13,17,23,26H,14-16,18H2,1-2H3,(H,29,32)/t23-,26+/m1/s1. The SMILES string of the molecule is COc1ccccc1[C@H]1[C@H](C(=O)NCCc2ccccn2)CCC(=O)N1c1ccc(C)cc1. The first kappa shape index (κ1) is 22.5. The van der Waals surface area contributed by atoms with Gasteiger partial charge < -0.3 is 15.0 Å². The van der Waals surface area contributed by atoms with Gasteiger partial charge in [0.15, 0.2) is 0 Å². The molecule has 0 bridgehead atoms. The predicted octanol–water partition coefficient (Wildman–Crippen LogP) is 4.24. The van der Waals surface area contributed by atoms with E-state index >= 15 is 0 Å². The molecule has 1 N–H and O–H groups in total. The summed E-state index contributed by atoms with van der Waals surface area (Å²) in [6, 6.07) is 20.8. The van der Waals surface area contributed by atoms with Crippen molar-refractivity contribution in [3.05, 3.63) is 89.7 Å². The number of rotatable bonds is 7. The Bertz CT molecular complexity index is 1100. The smallest absolute Gasteiger partial charge is 0.227 e. The van der Waals surface area contributed by atoms with E-state index in [1.54, 1.807) is 18.2 Å². The third-order valence-corrected chi connectivity index (χ3v) is 6.11. The third kappa shape index (κ3) is 5.06. The van der Waals surface area contributed by atoms with E-state index < -0.39 is 12.0 Å². The van der Waals surface area contributed by atoms with Gasteiger partial charge >= 0.3 is 0 Å².